The quantitative estimate of drug-likeness (QED) is 0.753. The van der Waals surface area contributed by atoms with Gasteiger partial charge in [0.1, 0.15) is 0 Å². The Morgan fingerprint density at radius 1 is 1.25 bits per heavy atom. The summed E-state index contributed by atoms with van der Waals surface area (Å²) in [5.74, 6) is 0.110. The summed E-state index contributed by atoms with van der Waals surface area (Å²) in [6.45, 7) is 7.15. The Hall–Kier alpha value is -0.490. The van der Waals surface area contributed by atoms with Gasteiger partial charge in [0.15, 0.2) is 0 Å². The van der Waals surface area contributed by atoms with Crippen LogP contribution in [0.1, 0.15) is 43.9 Å². The Kier molecular flexibility index (Phi) is 8.33. The van der Waals surface area contributed by atoms with E-state index in [-0.39, 0.29) is 35.0 Å². The van der Waals surface area contributed by atoms with Crippen molar-refractivity contribution in [1.29, 1.82) is 0 Å². The maximum atomic E-state index is 13.5. The van der Waals surface area contributed by atoms with Crippen LogP contribution in [0.25, 0.3) is 0 Å². The molecule has 2 atom stereocenters. The number of nitrogens with zero attached hydrogens (tertiary/aromatic N) is 1. The van der Waals surface area contributed by atoms with Gasteiger partial charge in [-0.2, -0.15) is 13.2 Å². The molecule has 1 aromatic carbocycles. The van der Waals surface area contributed by atoms with Crippen LogP contribution in [0.3, 0.4) is 0 Å². The third-order valence-electron chi connectivity index (χ3n) is 4.48. The van der Waals surface area contributed by atoms with E-state index >= 15 is 0 Å². The number of halogens is 5. The van der Waals surface area contributed by atoms with Crippen LogP contribution in [0, 0.1) is 5.92 Å². The average molecular weight is 385 g/mol. The van der Waals surface area contributed by atoms with Gasteiger partial charge in [0.25, 0.3) is 0 Å². The van der Waals surface area contributed by atoms with Crippen LogP contribution in [0.2, 0.25) is 5.02 Å². The summed E-state index contributed by atoms with van der Waals surface area (Å²) in [7, 11) is 0. The van der Waals surface area contributed by atoms with Gasteiger partial charge in [0.05, 0.1) is 5.56 Å². The summed E-state index contributed by atoms with van der Waals surface area (Å²) in [5, 5.41) is 3.47. The molecule has 0 amide bonds. The predicted octanol–water partition coefficient (Wildman–Crippen LogP) is 5.16. The van der Waals surface area contributed by atoms with Gasteiger partial charge in [-0.05, 0) is 24.5 Å². The SMILES string of the molecule is CCCC(C)[C@H](c1c(Cl)cccc1C(F)(F)F)N1CCNCC1.Cl. The summed E-state index contributed by atoms with van der Waals surface area (Å²) in [5.41, 5.74) is -0.360. The van der Waals surface area contributed by atoms with Gasteiger partial charge in [-0.3, -0.25) is 4.90 Å². The molecule has 2 nitrogen and oxygen atoms in total. The molecule has 1 N–H and O–H groups in total. The van der Waals surface area contributed by atoms with E-state index in [0.717, 1.165) is 45.1 Å². The Balaban J connectivity index is 0.00000288. The highest BCUT2D eigenvalue weighted by molar-refractivity contribution is 6.31. The van der Waals surface area contributed by atoms with Crippen LogP contribution in [0.15, 0.2) is 18.2 Å². The Morgan fingerprint density at radius 2 is 1.88 bits per heavy atom. The molecule has 138 valence electrons. The highest BCUT2D eigenvalue weighted by atomic mass is 35.5. The van der Waals surface area contributed by atoms with E-state index in [1.807, 2.05) is 6.92 Å². The standard InChI is InChI=1S/C17H24ClF3N2.ClH/c1-3-5-12(2)16(23-10-8-22-9-11-23)15-13(17(19,20)21)6-4-7-14(15)18;/h4,6-7,12,16,22H,3,5,8-11H2,1-2H3;1H/t12?,16-;/m1./s1. The minimum absolute atomic E-state index is 0. The Bertz CT molecular complexity index is 517. The molecular weight excluding hydrogens is 360 g/mol. The first kappa shape index (κ1) is 21.6. The van der Waals surface area contributed by atoms with Crippen LogP contribution < -0.4 is 5.32 Å². The fourth-order valence-corrected chi connectivity index (χ4v) is 3.77. The maximum Gasteiger partial charge on any atom is 0.416 e. The van der Waals surface area contributed by atoms with Crippen LogP contribution in [-0.4, -0.2) is 31.1 Å². The molecular formula is C17H25Cl2F3N2. The third-order valence-corrected chi connectivity index (χ3v) is 4.81. The van der Waals surface area contributed by atoms with E-state index in [0.29, 0.717) is 0 Å². The molecule has 24 heavy (non-hydrogen) atoms. The zero-order valence-electron chi connectivity index (χ0n) is 14.0. The van der Waals surface area contributed by atoms with Gasteiger partial charge in [0.2, 0.25) is 0 Å². The molecule has 0 aromatic heterocycles. The molecule has 2 rings (SSSR count). The normalized spacial score (nSPS) is 18.8. The monoisotopic (exact) mass is 384 g/mol. The molecule has 1 aliphatic heterocycles. The van der Waals surface area contributed by atoms with Gasteiger partial charge in [-0.1, -0.05) is 37.9 Å². The lowest BCUT2D eigenvalue weighted by molar-refractivity contribution is -0.139. The molecule has 0 spiro atoms. The average Bonchev–Trinajstić information content (AvgIpc) is 2.49. The smallest absolute Gasteiger partial charge is 0.314 e. The zero-order valence-corrected chi connectivity index (χ0v) is 15.6. The summed E-state index contributed by atoms with van der Waals surface area (Å²) in [4.78, 5) is 2.15. The van der Waals surface area contributed by atoms with Crippen LogP contribution in [0.4, 0.5) is 13.2 Å². The third kappa shape index (κ3) is 5.01. The van der Waals surface area contributed by atoms with Crippen LogP contribution >= 0.6 is 24.0 Å². The molecule has 0 radical (unpaired) electrons. The Morgan fingerprint density at radius 3 is 2.42 bits per heavy atom. The molecule has 1 saturated heterocycles. The highest BCUT2D eigenvalue weighted by Crippen LogP contribution is 2.43. The van der Waals surface area contributed by atoms with Gasteiger partial charge < -0.3 is 5.32 Å². The molecule has 1 heterocycles. The molecule has 1 aliphatic rings. The molecule has 7 heteroatoms. The Labute approximate surface area is 153 Å². The second-order valence-electron chi connectivity index (χ2n) is 6.20. The molecule has 0 bridgehead atoms. The second-order valence-corrected chi connectivity index (χ2v) is 6.60. The number of nitrogens with one attached hydrogen (secondary N) is 1. The van der Waals surface area contributed by atoms with Crippen molar-refractivity contribution < 1.29 is 13.2 Å². The zero-order chi connectivity index (χ0) is 17.0. The lowest BCUT2D eigenvalue weighted by Gasteiger charge is -2.40. The summed E-state index contributed by atoms with van der Waals surface area (Å²) in [6.07, 6.45) is -2.58. The van der Waals surface area contributed by atoms with E-state index in [9.17, 15) is 13.2 Å². The van der Waals surface area contributed by atoms with E-state index < -0.39 is 11.7 Å². The molecule has 0 aliphatic carbocycles. The van der Waals surface area contributed by atoms with Crippen molar-refractivity contribution in [2.45, 2.75) is 38.9 Å². The van der Waals surface area contributed by atoms with Crippen molar-refractivity contribution in [3.05, 3.63) is 34.3 Å². The van der Waals surface area contributed by atoms with E-state index in [4.69, 9.17) is 11.6 Å². The van der Waals surface area contributed by atoms with Crippen molar-refractivity contribution in [2.24, 2.45) is 5.92 Å². The van der Waals surface area contributed by atoms with Gasteiger partial charge in [-0.15, -0.1) is 12.4 Å². The first-order valence-electron chi connectivity index (χ1n) is 8.16. The van der Waals surface area contributed by atoms with Crippen molar-refractivity contribution in [1.82, 2.24) is 10.2 Å². The number of benzene rings is 1. The predicted molar refractivity (Wildman–Crippen MR) is 95.0 cm³/mol. The van der Waals surface area contributed by atoms with Crippen molar-refractivity contribution in [3.8, 4) is 0 Å². The fourth-order valence-electron chi connectivity index (χ4n) is 3.49. The van der Waals surface area contributed by atoms with Gasteiger partial charge in [-0.25, -0.2) is 0 Å². The van der Waals surface area contributed by atoms with Crippen molar-refractivity contribution >= 4 is 24.0 Å². The highest BCUT2D eigenvalue weighted by Gasteiger charge is 2.39. The first-order valence-corrected chi connectivity index (χ1v) is 8.54. The fraction of sp³-hybridized carbons (Fsp3) is 0.647. The van der Waals surface area contributed by atoms with E-state index in [1.54, 1.807) is 6.07 Å². The van der Waals surface area contributed by atoms with Crippen molar-refractivity contribution in [2.75, 3.05) is 26.2 Å². The minimum atomic E-state index is -4.39. The number of hydrogen-bond donors (Lipinski definition) is 1. The van der Waals surface area contributed by atoms with Gasteiger partial charge in [0, 0.05) is 42.8 Å². The number of piperazine rings is 1. The lowest BCUT2D eigenvalue weighted by atomic mass is 9.86. The topological polar surface area (TPSA) is 15.3 Å². The van der Waals surface area contributed by atoms with Crippen LogP contribution in [0.5, 0.6) is 0 Å². The summed E-state index contributed by atoms with van der Waals surface area (Å²) >= 11 is 6.25. The summed E-state index contributed by atoms with van der Waals surface area (Å²) in [6, 6.07) is 3.80. The maximum absolute atomic E-state index is 13.5. The lowest BCUT2D eigenvalue weighted by Crippen LogP contribution is -2.47. The molecule has 1 fully saturated rings. The summed E-state index contributed by atoms with van der Waals surface area (Å²) < 4.78 is 40.5. The number of rotatable bonds is 5. The second kappa shape index (κ2) is 9.27. The molecule has 1 aromatic rings. The number of hydrogen-bond acceptors (Lipinski definition) is 2. The van der Waals surface area contributed by atoms with Gasteiger partial charge >= 0.3 is 6.18 Å². The van der Waals surface area contributed by atoms with Crippen molar-refractivity contribution in [3.63, 3.8) is 0 Å². The van der Waals surface area contributed by atoms with Crippen LogP contribution in [-0.2, 0) is 6.18 Å². The minimum Gasteiger partial charge on any atom is -0.314 e. The van der Waals surface area contributed by atoms with E-state index in [2.05, 4.69) is 17.1 Å². The molecule has 0 saturated carbocycles. The van der Waals surface area contributed by atoms with E-state index in [1.165, 1.54) is 6.07 Å². The largest absolute Gasteiger partial charge is 0.416 e. The number of alkyl halides is 3. The first-order chi connectivity index (χ1) is 10.9. The molecule has 1 unspecified atom stereocenters.